The van der Waals surface area contributed by atoms with Crippen LogP contribution in [0.3, 0.4) is 0 Å². The number of aryl methyl sites for hydroxylation is 1. The Bertz CT molecular complexity index is 656. The number of benzene rings is 1. The molecule has 0 saturated heterocycles. The minimum Gasteiger partial charge on any atom is -0.438 e. The second-order valence-corrected chi connectivity index (χ2v) is 4.37. The molecule has 0 saturated carbocycles. The van der Waals surface area contributed by atoms with Gasteiger partial charge in [-0.2, -0.15) is 13.2 Å². The van der Waals surface area contributed by atoms with Crippen LogP contribution in [0.5, 0.6) is 11.6 Å². The zero-order chi connectivity index (χ0) is 15.6. The molecule has 2 N–H and O–H groups in total. The van der Waals surface area contributed by atoms with Crippen LogP contribution in [-0.4, -0.2) is 4.98 Å². The van der Waals surface area contributed by atoms with Crippen molar-refractivity contribution in [2.24, 2.45) is 5.73 Å². The molecule has 0 aliphatic rings. The van der Waals surface area contributed by atoms with Gasteiger partial charge >= 0.3 is 6.18 Å². The van der Waals surface area contributed by atoms with Crippen molar-refractivity contribution in [1.82, 2.24) is 4.98 Å². The van der Waals surface area contributed by atoms with Crippen molar-refractivity contribution >= 4 is 0 Å². The van der Waals surface area contributed by atoms with Gasteiger partial charge < -0.3 is 10.5 Å². The molecular formula is C14H12F4N2O. The summed E-state index contributed by atoms with van der Waals surface area (Å²) in [5.41, 5.74) is 5.23. The van der Waals surface area contributed by atoms with Crippen LogP contribution in [-0.2, 0) is 12.7 Å². The molecule has 112 valence electrons. The standard InChI is InChI=1S/C14H12F4N2O/c1-8-2-4-10(15)6-11(8)21-13-9(7-19)3-5-12(20-13)14(16,17)18/h2-6H,7,19H2,1H3. The summed E-state index contributed by atoms with van der Waals surface area (Å²) in [5.74, 6) is -0.741. The van der Waals surface area contributed by atoms with Gasteiger partial charge in [-0.3, -0.25) is 0 Å². The second kappa shape index (κ2) is 5.69. The van der Waals surface area contributed by atoms with E-state index in [0.717, 1.165) is 12.1 Å². The molecule has 0 atom stereocenters. The van der Waals surface area contributed by atoms with Gasteiger partial charge in [-0.1, -0.05) is 12.1 Å². The van der Waals surface area contributed by atoms with Crippen LogP contribution in [0.2, 0.25) is 0 Å². The van der Waals surface area contributed by atoms with Crippen LogP contribution in [0.4, 0.5) is 17.6 Å². The van der Waals surface area contributed by atoms with E-state index in [2.05, 4.69) is 4.98 Å². The number of nitrogens with two attached hydrogens (primary N) is 1. The maximum atomic E-state index is 13.2. The Balaban J connectivity index is 2.44. The van der Waals surface area contributed by atoms with Crippen molar-refractivity contribution < 1.29 is 22.3 Å². The number of hydrogen-bond donors (Lipinski definition) is 1. The van der Waals surface area contributed by atoms with E-state index in [9.17, 15) is 17.6 Å². The van der Waals surface area contributed by atoms with Crippen molar-refractivity contribution in [3.63, 3.8) is 0 Å². The second-order valence-electron chi connectivity index (χ2n) is 4.37. The highest BCUT2D eigenvalue weighted by molar-refractivity contribution is 5.38. The zero-order valence-electron chi connectivity index (χ0n) is 11.0. The quantitative estimate of drug-likeness (QED) is 0.877. The lowest BCUT2D eigenvalue weighted by Gasteiger charge is -2.13. The first-order chi connectivity index (χ1) is 9.81. The fourth-order valence-electron chi connectivity index (χ4n) is 1.66. The molecule has 0 fully saturated rings. The van der Waals surface area contributed by atoms with E-state index >= 15 is 0 Å². The van der Waals surface area contributed by atoms with Crippen molar-refractivity contribution in [3.8, 4) is 11.6 Å². The van der Waals surface area contributed by atoms with Gasteiger partial charge in [-0.25, -0.2) is 9.37 Å². The number of alkyl halides is 3. The average Bonchev–Trinajstić information content (AvgIpc) is 2.42. The smallest absolute Gasteiger partial charge is 0.433 e. The summed E-state index contributed by atoms with van der Waals surface area (Å²) in [6.07, 6.45) is -4.60. The molecule has 3 nitrogen and oxygen atoms in total. The van der Waals surface area contributed by atoms with Crippen molar-refractivity contribution in [3.05, 3.63) is 53.0 Å². The Labute approximate surface area is 118 Å². The molecule has 21 heavy (non-hydrogen) atoms. The number of ether oxygens (including phenoxy) is 1. The van der Waals surface area contributed by atoms with Gasteiger partial charge in [0.25, 0.3) is 0 Å². The maximum absolute atomic E-state index is 13.2. The number of aromatic nitrogens is 1. The van der Waals surface area contributed by atoms with Crippen LogP contribution >= 0.6 is 0 Å². The molecular weight excluding hydrogens is 288 g/mol. The fraction of sp³-hybridized carbons (Fsp3) is 0.214. The largest absolute Gasteiger partial charge is 0.438 e. The van der Waals surface area contributed by atoms with Crippen molar-refractivity contribution in [2.45, 2.75) is 19.6 Å². The van der Waals surface area contributed by atoms with Gasteiger partial charge in [0.05, 0.1) is 0 Å². The summed E-state index contributed by atoms with van der Waals surface area (Å²) in [4.78, 5) is 3.43. The highest BCUT2D eigenvalue weighted by Gasteiger charge is 2.33. The topological polar surface area (TPSA) is 48.1 Å². The SMILES string of the molecule is Cc1ccc(F)cc1Oc1nc(C(F)(F)F)ccc1CN. The van der Waals surface area contributed by atoms with E-state index in [1.165, 1.54) is 18.2 Å². The molecule has 0 spiro atoms. The molecule has 7 heteroatoms. The predicted octanol–water partition coefficient (Wildman–Crippen LogP) is 3.80. The molecule has 1 aromatic heterocycles. The molecule has 0 unspecified atom stereocenters. The minimum absolute atomic E-state index is 0.0468. The van der Waals surface area contributed by atoms with E-state index in [1.54, 1.807) is 6.92 Å². The molecule has 0 aliphatic carbocycles. The molecule has 2 rings (SSSR count). The molecule has 1 aromatic carbocycles. The van der Waals surface area contributed by atoms with E-state index in [4.69, 9.17) is 10.5 Å². The van der Waals surface area contributed by atoms with Crippen LogP contribution in [0.1, 0.15) is 16.8 Å². The van der Waals surface area contributed by atoms with Crippen LogP contribution < -0.4 is 10.5 Å². The van der Waals surface area contributed by atoms with Gasteiger partial charge in [0.2, 0.25) is 5.88 Å². The number of hydrogen-bond acceptors (Lipinski definition) is 3. The predicted molar refractivity (Wildman–Crippen MR) is 68.3 cm³/mol. The molecule has 0 amide bonds. The number of rotatable bonds is 3. The Hall–Kier alpha value is -2.15. The molecule has 1 heterocycles. The normalized spacial score (nSPS) is 11.5. The summed E-state index contributed by atoms with van der Waals surface area (Å²) < 4.78 is 56.5. The van der Waals surface area contributed by atoms with E-state index < -0.39 is 17.7 Å². The van der Waals surface area contributed by atoms with Crippen LogP contribution in [0, 0.1) is 12.7 Å². The van der Waals surface area contributed by atoms with Gasteiger partial charge in [0, 0.05) is 18.2 Å². The summed E-state index contributed by atoms with van der Waals surface area (Å²) >= 11 is 0. The maximum Gasteiger partial charge on any atom is 0.433 e. The molecule has 0 radical (unpaired) electrons. The van der Waals surface area contributed by atoms with Gasteiger partial charge in [0.15, 0.2) is 0 Å². The first-order valence-electron chi connectivity index (χ1n) is 6.02. The average molecular weight is 300 g/mol. The Morgan fingerprint density at radius 2 is 1.90 bits per heavy atom. The van der Waals surface area contributed by atoms with Crippen molar-refractivity contribution in [2.75, 3.05) is 0 Å². The Kier molecular flexibility index (Phi) is 4.13. The van der Waals surface area contributed by atoms with Gasteiger partial charge in [-0.15, -0.1) is 0 Å². The summed E-state index contributed by atoms with van der Waals surface area (Å²) in [7, 11) is 0. The summed E-state index contributed by atoms with van der Waals surface area (Å²) in [6.45, 7) is 1.60. The molecule has 0 bridgehead atoms. The summed E-state index contributed by atoms with van der Waals surface area (Å²) in [5, 5.41) is 0. The third-order valence-electron chi connectivity index (χ3n) is 2.81. The van der Waals surface area contributed by atoms with E-state index in [-0.39, 0.29) is 18.2 Å². The third-order valence-corrected chi connectivity index (χ3v) is 2.81. The number of pyridine rings is 1. The lowest BCUT2D eigenvalue weighted by Crippen LogP contribution is -2.11. The molecule has 2 aromatic rings. The van der Waals surface area contributed by atoms with Crippen molar-refractivity contribution in [1.29, 1.82) is 0 Å². The van der Waals surface area contributed by atoms with Crippen LogP contribution in [0.15, 0.2) is 30.3 Å². The first kappa shape index (κ1) is 15.2. The lowest BCUT2D eigenvalue weighted by atomic mass is 10.2. The number of halogens is 4. The first-order valence-corrected chi connectivity index (χ1v) is 6.02. The molecule has 0 aliphatic heterocycles. The summed E-state index contributed by atoms with van der Waals surface area (Å²) in [6, 6.07) is 5.79. The van der Waals surface area contributed by atoms with Gasteiger partial charge in [-0.05, 0) is 24.6 Å². The third kappa shape index (κ3) is 3.49. The zero-order valence-corrected chi connectivity index (χ0v) is 11.0. The Morgan fingerprint density at radius 3 is 2.52 bits per heavy atom. The minimum atomic E-state index is -4.60. The number of nitrogens with zero attached hydrogens (tertiary/aromatic N) is 1. The van der Waals surface area contributed by atoms with E-state index in [0.29, 0.717) is 11.1 Å². The van der Waals surface area contributed by atoms with Crippen LogP contribution in [0.25, 0.3) is 0 Å². The Morgan fingerprint density at radius 1 is 1.19 bits per heavy atom. The fourth-order valence-corrected chi connectivity index (χ4v) is 1.66. The lowest BCUT2D eigenvalue weighted by molar-refractivity contribution is -0.141. The van der Waals surface area contributed by atoms with Gasteiger partial charge in [0.1, 0.15) is 17.3 Å². The van der Waals surface area contributed by atoms with E-state index in [1.807, 2.05) is 0 Å². The highest BCUT2D eigenvalue weighted by Crippen LogP contribution is 2.32. The highest BCUT2D eigenvalue weighted by atomic mass is 19.4. The monoisotopic (exact) mass is 300 g/mol.